The van der Waals surface area contributed by atoms with Crippen molar-refractivity contribution in [1.29, 1.82) is 0 Å². The fraction of sp³-hybridized carbons (Fsp3) is 0.167. The highest BCUT2D eigenvalue weighted by molar-refractivity contribution is 7.74. The number of rotatable bonds is 8. The van der Waals surface area contributed by atoms with Crippen molar-refractivity contribution in [2.75, 3.05) is 0 Å². The Hall–Kier alpha value is -3.21. The third-order valence-corrected chi connectivity index (χ3v) is 7.15. The van der Waals surface area contributed by atoms with E-state index in [-0.39, 0.29) is 0 Å². The molecule has 7 heteroatoms. The molecule has 160 valence electrons. The molecule has 3 N–H and O–H groups in total. The Balaban J connectivity index is 1.71. The first-order valence-corrected chi connectivity index (χ1v) is 11.6. The molecule has 0 aliphatic heterocycles. The SMILES string of the molecule is C[C@H](NC(=O)[C@@H](N)Cc1ccccc1)C(=O)OP(=O)(c1ccccc1)c1ccccc1. The second kappa shape index (κ2) is 10.2. The van der Waals surface area contributed by atoms with E-state index in [9.17, 15) is 14.2 Å². The van der Waals surface area contributed by atoms with Crippen LogP contribution in [0.5, 0.6) is 0 Å². The Labute approximate surface area is 181 Å². The molecule has 3 aromatic rings. The van der Waals surface area contributed by atoms with Crippen LogP contribution in [0.1, 0.15) is 12.5 Å². The number of carbonyl (C=O) groups is 2. The molecule has 0 heterocycles. The number of hydrogen-bond donors (Lipinski definition) is 2. The van der Waals surface area contributed by atoms with Crippen LogP contribution < -0.4 is 21.7 Å². The topological polar surface area (TPSA) is 98.5 Å². The average molecular weight is 436 g/mol. The number of amides is 1. The molecule has 0 aliphatic rings. The van der Waals surface area contributed by atoms with Crippen LogP contribution in [0.4, 0.5) is 0 Å². The van der Waals surface area contributed by atoms with Crippen molar-refractivity contribution in [3.63, 3.8) is 0 Å². The van der Waals surface area contributed by atoms with Crippen LogP contribution in [0.3, 0.4) is 0 Å². The van der Waals surface area contributed by atoms with Crippen LogP contribution in [-0.4, -0.2) is 24.0 Å². The standard InChI is InChI=1S/C24H25N2O4P/c1-18(26-23(27)22(25)17-19-11-5-2-6-12-19)24(28)30-31(29,20-13-7-3-8-14-20)21-15-9-4-10-16-21/h2-16,18,22H,17,25H2,1H3,(H,26,27)/t18-,22-/m0/s1. The maximum atomic E-state index is 13.8. The van der Waals surface area contributed by atoms with E-state index in [2.05, 4.69) is 5.32 Å². The van der Waals surface area contributed by atoms with E-state index in [0.717, 1.165) is 5.56 Å². The van der Waals surface area contributed by atoms with E-state index in [1.165, 1.54) is 6.92 Å². The Morgan fingerprint density at radius 1 is 0.871 bits per heavy atom. The van der Waals surface area contributed by atoms with Crippen molar-refractivity contribution in [1.82, 2.24) is 5.32 Å². The lowest BCUT2D eigenvalue weighted by Gasteiger charge is -2.22. The summed E-state index contributed by atoms with van der Waals surface area (Å²) in [5.74, 6) is -1.28. The maximum Gasteiger partial charge on any atom is 0.333 e. The maximum absolute atomic E-state index is 13.8. The third-order valence-electron chi connectivity index (χ3n) is 4.76. The first-order chi connectivity index (χ1) is 14.9. The van der Waals surface area contributed by atoms with Gasteiger partial charge >= 0.3 is 13.3 Å². The molecule has 2 atom stereocenters. The fourth-order valence-corrected chi connectivity index (χ4v) is 5.10. The van der Waals surface area contributed by atoms with Gasteiger partial charge < -0.3 is 15.6 Å². The van der Waals surface area contributed by atoms with Crippen molar-refractivity contribution >= 4 is 29.9 Å². The summed E-state index contributed by atoms with van der Waals surface area (Å²) in [6.45, 7) is 1.48. The van der Waals surface area contributed by atoms with Crippen molar-refractivity contribution in [2.24, 2.45) is 5.73 Å². The van der Waals surface area contributed by atoms with Crippen LogP contribution >= 0.6 is 7.37 Å². The molecule has 0 saturated carbocycles. The molecule has 0 fully saturated rings. The molecular weight excluding hydrogens is 411 g/mol. The Morgan fingerprint density at radius 2 is 1.32 bits per heavy atom. The summed E-state index contributed by atoms with van der Waals surface area (Å²) in [5, 5.41) is 3.36. The summed E-state index contributed by atoms with van der Waals surface area (Å²) >= 11 is 0. The summed E-state index contributed by atoms with van der Waals surface area (Å²) in [7, 11) is -3.69. The molecule has 0 bridgehead atoms. The Morgan fingerprint density at radius 3 is 1.81 bits per heavy atom. The third kappa shape index (κ3) is 5.69. The van der Waals surface area contributed by atoms with E-state index in [0.29, 0.717) is 17.0 Å². The van der Waals surface area contributed by atoms with E-state index in [4.69, 9.17) is 10.3 Å². The highest BCUT2D eigenvalue weighted by atomic mass is 31.2. The number of hydrogen-bond acceptors (Lipinski definition) is 5. The predicted octanol–water partition coefficient (Wildman–Crippen LogP) is 2.53. The zero-order chi connectivity index (χ0) is 22.3. The van der Waals surface area contributed by atoms with Gasteiger partial charge in [-0.2, -0.15) is 0 Å². The van der Waals surface area contributed by atoms with Crippen LogP contribution in [0.2, 0.25) is 0 Å². The normalized spacial score (nSPS) is 13.1. The smallest absolute Gasteiger partial charge is 0.333 e. The van der Waals surface area contributed by atoms with Crippen LogP contribution in [0.15, 0.2) is 91.0 Å². The van der Waals surface area contributed by atoms with Gasteiger partial charge in [-0.3, -0.25) is 9.36 Å². The van der Waals surface area contributed by atoms with Gasteiger partial charge in [0.25, 0.3) is 0 Å². The molecule has 6 nitrogen and oxygen atoms in total. The molecule has 0 radical (unpaired) electrons. The largest absolute Gasteiger partial charge is 0.403 e. The van der Waals surface area contributed by atoms with E-state index >= 15 is 0 Å². The van der Waals surface area contributed by atoms with Gasteiger partial charge in [-0.05, 0) is 43.2 Å². The predicted molar refractivity (Wildman–Crippen MR) is 122 cm³/mol. The van der Waals surface area contributed by atoms with Crippen molar-refractivity contribution in [3.05, 3.63) is 96.6 Å². The molecule has 0 saturated heterocycles. The lowest BCUT2D eigenvalue weighted by Crippen LogP contribution is -2.48. The molecule has 0 aromatic heterocycles. The highest BCUT2D eigenvalue weighted by Gasteiger charge is 2.34. The van der Waals surface area contributed by atoms with Gasteiger partial charge in [-0.25, -0.2) is 4.79 Å². The van der Waals surface area contributed by atoms with Crippen LogP contribution in [-0.2, 0) is 25.1 Å². The molecule has 0 spiro atoms. The lowest BCUT2D eigenvalue weighted by molar-refractivity contribution is -0.138. The quantitative estimate of drug-likeness (QED) is 0.529. The summed E-state index contributed by atoms with van der Waals surface area (Å²) in [5.41, 5.74) is 6.90. The molecular formula is C24H25N2O4P. The first-order valence-electron chi connectivity index (χ1n) is 9.95. The Kier molecular flexibility index (Phi) is 7.40. The zero-order valence-electron chi connectivity index (χ0n) is 17.2. The second-order valence-electron chi connectivity index (χ2n) is 7.16. The monoisotopic (exact) mass is 436 g/mol. The van der Waals surface area contributed by atoms with Crippen LogP contribution in [0.25, 0.3) is 0 Å². The van der Waals surface area contributed by atoms with Gasteiger partial charge in [0.15, 0.2) is 0 Å². The molecule has 3 rings (SSSR count). The Bertz CT molecular complexity index is 1020. The average Bonchev–Trinajstić information content (AvgIpc) is 2.80. The van der Waals surface area contributed by atoms with Gasteiger partial charge in [-0.15, -0.1) is 0 Å². The molecule has 1 amide bonds. The molecule has 0 aliphatic carbocycles. The second-order valence-corrected chi connectivity index (χ2v) is 9.48. The molecule has 31 heavy (non-hydrogen) atoms. The summed E-state index contributed by atoms with van der Waals surface area (Å²) in [6, 6.07) is 24.6. The van der Waals surface area contributed by atoms with E-state index < -0.39 is 31.3 Å². The summed E-state index contributed by atoms with van der Waals surface area (Å²) in [4.78, 5) is 25.2. The number of benzene rings is 3. The minimum Gasteiger partial charge on any atom is -0.403 e. The number of nitrogens with two attached hydrogens (primary N) is 1. The number of carbonyl (C=O) groups excluding carboxylic acids is 2. The summed E-state index contributed by atoms with van der Waals surface area (Å²) < 4.78 is 19.3. The zero-order valence-corrected chi connectivity index (χ0v) is 18.1. The first kappa shape index (κ1) is 22.5. The molecule has 0 unspecified atom stereocenters. The van der Waals surface area contributed by atoms with Gasteiger partial charge in [0.2, 0.25) is 5.91 Å². The van der Waals surface area contributed by atoms with Crippen molar-refractivity contribution in [2.45, 2.75) is 25.4 Å². The van der Waals surface area contributed by atoms with Gasteiger partial charge in [0.05, 0.1) is 16.7 Å². The van der Waals surface area contributed by atoms with Gasteiger partial charge in [-0.1, -0.05) is 66.7 Å². The summed E-state index contributed by atoms with van der Waals surface area (Å²) in [6.07, 6.45) is 0.334. The fourth-order valence-electron chi connectivity index (χ4n) is 3.05. The van der Waals surface area contributed by atoms with Crippen LogP contribution in [0, 0.1) is 0 Å². The van der Waals surface area contributed by atoms with E-state index in [1.807, 2.05) is 30.3 Å². The van der Waals surface area contributed by atoms with Gasteiger partial charge in [0, 0.05) is 0 Å². The number of nitrogens with one attached hydrogen (secondary N) is 1. The minimum atomic E-state index is -3.69. The van der Waals surface area contributed by atoms with Crippen molar-refractivity contribution < 1.29 is 18.7 Å². The minimum absolute atomic E-state index is 0.334. The lowest BCUT2D eigenvalue weighted by atomic mass is 10.1. The van der Waals surface area contributed by atoms with Gasteiger partial charge in [0.1, 0.15) is 6.04 Å². The highest BCUT2D eigenvalue weighted by Crippen LogP contribution is 2.44. The van der Waals surface area contributed by atoms with Crippen molar-refractivity contribution in [3.8, 4) is 0 Å². The van der Waals surface area contributed by atoms with E-state index in [1.54, 1.807) is 60.7 Å². The molecule has 3 aromatic carbocycles.